The smallest absolute Gasteiger partial charge is 0.204 e. The van der Waals surface area contributed by atoms with Crippen LogP contribution in [0.4, 0.5) is 0 Å². The lowest BCUT2D eigenvalue weighted by Gasteiger charge is -2.34. The molecule has 40 heavy (non-hydrogen) atoms. The van der Waals surface area contributed by atoms with Crippen LogP contribution < -0.4 is 14.2 Å². The zero-order chi connectivity index (χ0) is 29.9. The first-order valence-corrected chi connectivity index (χ1v) is 14.9. The van der Waals surface area contributed by atoms with Crippen LogP contribution in [0.15, 0.2) is 24.3 Å². The van der Waals surface area contributed by atoms with Crippen LogP contribution >= 0.6 is 0 Å². The van der Waals surface area contributed by atoms with Gasteiger partial charge in [-0.1, -0.05) is 71.9 Å². The van der Waals surface area contributed by atoms with Gasteiger partial charge in [-0.05, 0) is 75.3 Å². The van der Waals surface area contributed by atoms with Gasteiger partial charge in [0.2, 0.25) is 5.75 Å². The predicted octanol–water partition coefficient (Wildman–Crippen LogP) is 8.78. The van der Waals surface area contributed by atoms with Gasteiger partial charge >= 0.3 is 0 Å². The van der Waals surface area contributed by atoms with E-state index < -0.39 is 5.60 Å². The van der Waals surface area contributed by atoms with Gasteiger partial charge in [0.1, 0.15) is 5.60 Å². The van der Waals surface area contributed by atoms with Crippen molar-refractivity contribution in [2.75, 3.05) is 21.3 Å². The quantitative estimate of drug-likeness (QED) is 0.0791. The Labute approximate surface area is 242 Å². The number of carbonyl (C=O) groups is 1. The molecule has 6 nitrogen and oxygen atoms in total. The van der Waals surface area contributed by atoms with Crippen LogP contribution in [0.25, 0.3) is 0 Å². The number of rotatable bonds is 18. The minimum atomic E-state index is -0.657. The fourth-order valence-electron chi connectivity index (χ4n) is 5.07. The molecule has 0 aromatic heterocycles. The number of aryl methyl sites for hydroxylation is 2. The van der Waals surface area contributed by atoms with Crippen molar-refractivity contribution in [2.24, 2.45) is 0 Å². The van der Waals surface area contributed by atoms with Gasteiger partial charge in [-0.3, -0.25) is 4.79 Å². The molecule has 0 amide bonds. The largest absolute Gasteiger partial charge is 0.493 e. The summed E-state index contributed by atoms with van der Waals surface area (Å²) in [4.78, 5) is 26.6. The van der Waals surface area contributed by atoms with E-state index in [2.05, 4.69) is 60.6 Å². The highest BCUT2D eigenvalue weighted by atomic mass is 17.2. The van der Waals surface area contributed by atoms with E-state index in [9.17, 15) is 4.79 Å². The maximum atomic E-state index is 14.3. The average molecular weight is 557 g/mol. The molecule has 2 aromatic carbocycles. The van der Waals surface area contributed by atoms with Gasteiger partial charge in [0, 0.05) is 5.56 Å². The molecule has 0 fully saturated rings. The van der Waals surface area contributed by atoms with Gasteiger partial charge in [-0.2, -0.15) is 0 Å². The van der Waals surface area contributed by atoms with Gasteiger partial charge in [0.25, 0.3) is 0 Å². The maximum Gasteiger partial charge on any atom is 0.204 e. The lowest BCUT2D eigenvalue weighted by atomic mass is 9.83. The number of methoxy groups -OCH3 is 3. The van der Waals surface area contributed by atoms with E-state index in [1.165, 1.54) is 12.8 Å². The first-order chi connectivity index (χ1) is 19.1. The molecule has 0 N–H and O–H groups in total. The summed E-state index contributed by atoms with van der Waals surface area (Å²) in [5.74, 6) is 1.22. The summed E-state index contributed by atoms with van der Waals surface area (Å²) in [6, 6.07) is 7.79. The van der Waals surface area contributed by atoms with E-state index in [-0.39, 0.29) is 11.4 Å². The first kappa shape index (κ1) is 33.6. The van der Waals surface area contributed by atoms with E-state index in [1.54, 1.807) is 33.5 Å². The Morgan fingerprint density at radius 1 is 0.750 bits per heavy atom. The topological polar surface area (TPSA) is 63.2 Å². The molecular weight excluding hydrogens is 504 g/mol. The molecule has 1 unspecified atom stereocenters. The number of hydrogen-bond donors (Lipinski definition) is 0. The van der Waals surface area contributed by atoms with Crippen molar-refractivity contribution in [3.8, 4) is 17.2 Å². The average Bonchev–Trinajstić information content (AvgIpc) is 2.95. The molecule has 0 saturated heterocycles. The zero-order valence-corrected chi connectivity index (χ0v) is 26.6. The van der Waals surface area contributed by atoms with E-state index in [1.807, 2.05) is 0 Å². The molecule has 1 atom stereocenters. The predicted molar refractivity (Wildman–Crippen MR) is 162 cm³/mol. The van der Waals surface area contributed by atoms with Crippen molar-refractivity contribution < 1.29 is 28.8 Å². The second-order valence-electron chi connectivity index (χ2n) is 11.3. The van der Waals surface area contributed by atoms with Crippen LogP contribution in [-0.4, -0.2) is 32.7 Å². The van der Waals surface area contributed by atoms with Crippen LogP contribution in [0.3, 0.4) is 0 Å². The number of carbonyl (C=O) groups excluding carboxylic acids is 1. The molecular formula is C34H52O6. The second kappa shape index (κ2) is 15.4. The van der Waals surface area contributed by atoms with Gasteiger partial charge in [-0.25, -0.2) is 9.78 Å². The Kier molecular flexibility index (Phi) is 13.0. The van der Waals surface area contributed by atoms with E-state index >= 15 is 0 Å². The maximum absolute atomic E-state index is 14.3. The summed E-state index contributed by atoms with van der Waals surface area (Å²) in [5, 5.41) is 0. The second-order valence-corrected chi connectivity index (χ2v) is 11.3. The molecule has 0 aliphatic heterocycles. The van der Waals surface area contributed by atoms with Gasteiger partial charge in [-0.15, -0.1) is 0 Å². The number of unbranched alkanes of at least 4 members (excludes halogenated alkanes) is 2. The monoisotopic (exact) mass is 556 g/mol. The molecule has 0 spiro atoms. The molecule has 0 heterocycles. The van der Waals surface area contributed by atoms with Crippen molar-refractivity contribution in [1.82, 2.24) is 0 Å². The highest BCUT2D eigenvalue weighted by Gasteiger charge is 2.33. The van der Waals surface area contributed by atoms with Crippen LogP contribution in [0, 0.1) is 0 Å². The lowest BCUT2D eigenvalue weighted by Crippen LogP contribution is -2.33. The Morgan fingerprint density at radius 2 is 1.35 bits per heavy atom. The van der Waals surface area contributed by atoms with E-state index in [0.29, 0.717) is 22.8 Å². The highest BCUT2D eigenvalue weighted by Crippen LogP contribution is 2.42. The SMILES string of the molecule is CCCCCC(C)(C)OOC(C)(CC)c1cc(CCC)c(C(=O)c2ccc(OC)c(OC)c2OC)c(CCC)c1. The summed E-state index contributed by atoms with van der Waals surface area (Å²) >= 11 is 0. The molecule has 0 aliphatic carbocycles. The van der Waals surface area contributed by atoms with Gasteiger partial charge in [0.05, 0.1) is 32.5 Å². The molecule has 2 rings (SSSR count). The van der Waals surface area contributed by atoms with Crippen LogP contribution in [0.5, 0.6) is 17.2 Å². The summed E-state index contributed by atoms with van der Waals surface area (Å²) in [5.41, 5.74) is 3.19. The van der Waals surface area contributed by atoms with Gasteiger partial charge in [0.15, 0.2) is 17.3 Å². The molecule has 0 saturated carbocycles. The molecule has 0 bridgehead atoms. The van der Waals surface area contributed by atoms with Crippen molar-refractivity contribution >= 4 is 5.78 Å². The van der Waals surface area contributed by atoms with Crippen molar-refractivity contribution in [3.05, 3.63) is 52.1 Å². The number of ketones is 1. The summed E-state index contributed by atoms with van der Waals surface area (Å²) in [6.07, 6.45) is 8.47. The van der Waals surface area contributed by atoms with E-state index in [0.717, 1.165) is 67.2 Å². The summed E-state index contributed by atoms with van der Waals surface area (Å²) in [6.45, 7) is 14.8. The first-order valence-electron chi connectivity index (χ1n) is 14.9. The van der Waals surface area contributed by atoms with Crippen molar-refractivity contribution in [3.63, 3.8) is 0 Å². The van der Waals surface area contributed by atoms with Crippen LogP contribution in [0.1, 0.15) is 126 Å². The third-order valence-corrected chi connectivity index (χ3v) is 7.64. The molecule has 2 aromatic rings. The standard InChI is InChI=1S/C34H52O6/c1-11-15-16-21-33(5,6)39-40-34(7,14-4)26-22-24(17-12-2)29(25(23-26)18-13-3)30(35)27-19-20-28(36-8)32(38-10)31(27)37-9/h19-20,22-23H,11-18,21H2,1-10H3. The van der Waals surface area contributed by atoms with Crippen LogP contribution in [-0.2, 0) is 28.2 Å². The fourth-order valence-corrected chi connectivity index (χ4v) is 5.07. The Bertz CT molecular complexity index is 1080. The lowest BCUT2D eigenvalue weighted by molar-refractivity contribution is -0.410. The van der Waals surface area contributed by atoms with Crippen molar-refractivity contribution in [1.29, 1.82) is 0 Å². The molecule has 0 radical (unpaired) electrons. The Balaban J connectivity index is 2.62. The van der Waals surface area contributed by atoms with Gasteiger partial charge < -0.3 is 14.2 Å². The molecule has 0 aliphatic rings. The summed E-state index contributed by atoms with van der Waals surface area (Å²) < 4.78 is 16.7. The highest BCUT2D eigenvalue weighted by molar-refractivity contribution is 6.13. The third kappa shape index (κ3) is 8.01. The zero-order valence-electron chi connectivity index (χ0n) is 26.6. The van der Waals surface area contributed by atoms with E-state index in [4.69, 9.17) is 24.0 Å². The molecule has 6 heteroatoms. The fraction of sp³-hybridized carbons (Fsp3) is 0.618. The van der Waals surface area contributed by atoms with Crippen LogP contribution in [0.2, 0.25) is 0 Å². The molecule has 224 valence electrons. The third-order valence-electron chi connectivity index (χ3n) is 7.64. The summed E-state index contributed by atoms with van der Waals surface area (Å²) in [7, 11) is 4.66. The number of hydrogen-bond acceptors (Lipinski definition) is 6. The van der Waals surface area contributed by atoms with Crippen molar-refractivity contribution in [2.45, 2.75) is 117 Å². The minimum absolute atomic E-state index is 0.0799. The number of benzene rings is 2. The Hall–Kier alpha value is -2.57. The minimum Gasteiger partial charge on any atom is -0.493 e. The normalized spacial score (nSPS) is 13.2. The Morgan fingerprint density at radius 3 is 1.82 bits per heavy atom. The number of ether oxygens (including phenoxy) is 3.